The third-order valence-corrected chi connectivity index (χ3v) is 2.37. The number of hydrogen-bond donors (Lipinski definition) is 4. The summed E-state index contributed by atoms with van der Waals surface area (Å²) in [6, 6.07) is 6.89. The molecule has 6 nitrogen and oxygen atoms in total. The van der Waals surface area contributed by atoms with Crippen LogP contribution in [-0.2, 0) is 0 Å². The number of amides is 2. The van der Waals surface area contributed by atoms with Crippen molar-refractivity contribution in [2.24, 2.45) is 0 Å². The van der Waals surface area contributed by atoms with Gasteiger partial charge in [-0.15, -0.1) is 0 Å². The van der Waals surface area contributed by atoms with Gasteiger partial charge in [0, 0.05) is 12.1 Å². The Morgan fingerprint density at radius 3 is 1.45 bits per heavy atom. The minimum absolute atomic E-state index is 0.113. The molecular weight excluding hydrogens is 256 g/mol. The molecule has 1 aromatic rings. The van der Waals surface area contributed by atoms with Gasteiger partial charge in [0.05, 0.1) is 11.1 Å². The maximum absolute atomic E-state index is 12.0. The first-order valence-electron chi connectivity index (χ1n) is 6.62. The van der Waals surface area contributed by atoms with E-state index in [0.717, 1.165) is 0 Å². The van der Waals surface area contributed by atoms with Crippen molar-refractivity contribution in [1.29, 1.82) is 0 Å². The van der Waals surface area contributed by atoms with Gasteiger partial charge in [-0.25, -0.2) is 10.9 Å². The third kappa shape index (κ3) is 4.99. The smallest absolute Gasteiger partial charge is 0.266 e. The molecule has 0 aliphatic rings. The third-order valence-electron chi connectivity index (χ3n) is 2.37. The Bertz CT molecular complexity index is 429. The van der Waals surface area contributed by atoms with Gasteiger partial charge in [-0.05, 0) is 39.8 Å². The van der Waals surface area contributed by atoms with Crippen LogP contribution < -0.4 is 21.7 Å². The van der Waals surface area contributed by atoms with Gasteiger partial charge in [-0.2, -0.15) is 0 Å². The fraction of sp³-hybridized carbons (Fsp3) is 0.429. The van der Waals surface area contributed by atoms with Crippen molar-refractivity contribution < 1.29 is 9.59 Å². The number of rotatable bonds is 6. The summed E-state index contributed by atoms with van der Waals surface area (Å²) in [5, 5.41) is 0. The van der Waals surface area contributed by atoms with Gasteiger partial charge in [-0.1, -0.05) is 12.1 Å². The Morgan fingerprint density at radius 1 is 0.800 bits per heavy atom. The SMILES string of the molecule is CC(C)NNC(=O)c1ccccc1C(=O)NNC(C)C. The molecule has 0 unspecified atom stereocenters. The van der Waals surface area contributed by atoms with Crippen LogP contribution in [0.1, 0.15) is 48.4 Å². The zero-order valence-corrected chi connectivity index (χ0v) is 12.3. The average Bonchev–Trinajstić information content (AvgIpc) is 2.42. The lowest BCUT2D eigenvalue weighted by Crippen LogP contribution is -2.44. The molecule has 1 rings (SSSR count). The number of nitrogens with one attached hydrogen (secondary N) is 4. The predicted molar refractivity (Wildman–Crippen MR) is 77.9 cm³/mol. The maximum Gasteiger partial charge on any atom is 0.266 e. The van der Waals surface area contributed by atoms with Crippen LogP contribution in [0.25, 0.3) is 0 Å². The van der Waals surface area contributed by atoms with E-state index in [9.17, 15) is 9.59 Å². The van der Waals surface area contributed by atoms with Crippen LogP contribution in [-0.4, -0.2) is 23.9 Å². The van der Waals surface area contributed by atoms with E-state index in [0.29, 0.717) is 11.1 Å². The lowest BCUT2D eigenvalue weighted by molar-refractivity contribution is 0.0893. The molecule has 0 aliphatic carbocycles. The maximum atomic E-state index is 12.0. The fourth-order valence-corrected chi connectivity index (χ4v) is 1.43. The molecule has 110 valence electrons. The van der Waals surface area contributed by atoms with E-state index in [4.69, 9.17) is 0 Å². The van der Waals surface area contributed by atoms with Gasteiger partial charge in [0.1, 0.15) is 0 Å². The molecule has 0 fully saturated rings. The summed E-state index contributed by atoms with van der Waals surface area (Å²) in [5.74, 6) is -0.678. The minimum atomic E-state index is -0.339. The first-order valence-corrected chi connectivity index (χ1v) is 6.62. The lowest BCUT2D eigenvalue weighted by Gasteiger charge is -2.14. The van der Waals surface area contributed by atoms with Crippen LogP contribution in [0.4, 0.5) is 0 Å². The van der Waals surface area contributed by atoms with Gasteiger partial charge in [0.15, 0.2) is 0 Å². The summed E-state index contributed by atoms with van der Waals surface area (Å²) in [5.41, 5.74) is 11.4. The van der Waals surface area contributed by atoms with E-state index in [1.165, 1.54) is 0 Å². The molecule has 2 amide bonds. The number of hydrazine groups is 2. The predicted octanol–water partition coefficient (Wildman–Crippen LogP) is 0.972. The second-order valence-corrected chi connectivity index (χ2v) is 5.05. The van der Waals surface area contributed by atoms with E-state index in [2.05, 4.69) is 21.7 Å². The molecule has 0 heterocycles. The Labute approximate surface area is 119 Å². The van der Waals surface area contributed by atoms with Gasteiger partial charge in [-0.3, -0.25) is 20.4 Å². The summed E-state index contributed by atoms with van der Waals surface area (Å²) in [4.78, 5) is 24.1. The Kier molecular flexibility index (Phi) is 6.14. The van der Waals surface area contributed by atoms with Crippen molar-refractivity contribution in [3.8, 4) is 0 Å². The number of carbonyl (C=O) groups is 2. The van der Waals surface area contributed by atoms with E-state index < -0.39 is 0 Å². The number of hydrogen-bond acceptors (Lipinski definition) is 4. The molecule has 6 heteroatoms. The van der Waals surface area contributed by atoms with E-state index in [-0.39, 0.29) is 23.9 Å². The summed E-state index contributed by atoms with van der Waals surface area (Å²) in [7, 11) is 0. The highest BCUT2D eigenvalue weighted by Crippen LogP contribution is 2.08. The highest BCUT2D eigenvalue weighted by atomic mass is 16.2. The minimum Gasteiger partial charge on any atom is -0.287 e. The van der Waals surface area contributed by atoms with Crippen LogP contribution >= 0.6 is 0 Å². The molecule has 0 saturated carbocycles. The van der Waals surface area contributed by atoms with Crippen LogP contribution in [0.5, 0.6) is 0 Å². The van der Waals surface area contributed by atoms with Crippen LogP contribution in [0.15, 0.2) is 24.3 Å². The molecule has 20 heavy (non-hydrogen) atoms. The average molecular weight is 278 g/mol. The van der Waals surface area contributed by atoms with E-state index >= 15 is 0 Å². The molecule has 0 bridgehead atoms. The monoisotopic (exact) mass is 278 g/mol. The molecule has 0 saturated heterocycles. The van der Waals surface area contributed by atoms with Crippen molar-refractivity contribution in [2.75, 3.05) is 0 Å². The summed E-state index contributed by atoms with van der Waals surface area (Å²) < 4.78 is 0. The van der Waals surface area contributed by atoms with Gasteiger partial charge >= 0.3 is 0 Å². The summed E-state index contributed by atoms with van der Waals surface area (Å²) in [6.45, 7) is 7.63. The molecule has 0 aromatic heterocycles. The van der Waals surface area contributed by atoms with Crippen molar-refractivity contribution >= 4 is 11.8 Å². The first kappa shape index (κ1) is 16.1. The standard InChI is InChI=1S/C14H22N4O2/c1-9(2)15-17-13(19)11-7-5-6-8-12(11)14(20)18-16-10(3)4/h5-10,15-16H,1-4H3,(H,17,19)(H,18,20). The molecule has 4 N–H and O–H groups in total. The Hall–Kier alpha value is -1.92. The highest BCUT2D eigenvalue weighted by Gasteiger charge is 2.16. The fourth-order valence-electron chi connectivity index (χ4n) is 1.43. The van der Waals surface area contributed by atoms with Crippen LogP contribution in [0.3, 0.4) is 0 Å². The summed E-state index contributed by atoms with van der Waals surface area (Å²) >= 11 is 0. The second-order valence-electron chi connectivity index (χ2n) is 5.05. The van der Waals surface area contributed by atoms with E-state index in [1.807, 2.05) is 27.7 Å². The molecule has 0 spiro atoms. The lowest BCUT2D eigenvalue weighted by atomic mass is 10.1. The molecule has 0 aliphatic heterocycles. The van der Waals surface area contributed by atoms with Crippen molar-refractivity contribution in [3.05, 3.63) is 35.4 Å². The Balaban J connectivity index is 2.82. The highest BCUT2D eigenvalue weighted by molar-refractivity contribution is 6.06. The molecule has 1 aromatic carbocycles. The van der Waals surface area contributed by atoms with Crippen molar-refractivity contribution in [1.82, 2.24) is 21.7 Å². The van der Waals surface area contributed by atoms with Crippen molar-refractivity contribution in [3.63, 3.8) is 0 Å². The van der Waals surface area contributed by atoms with Crippen LogP contribution in [0, 0.1) is 0 Å². The zero-order valence-electron chi connectivity index (χ0n) is 12.3. The molecule has 0 radical (unpaired) electrons. The van der Waals surface area contributed by atoms with Gasteiger partial charge < -0.3 is 0 Å². The second kappa shape index (κ2) is 7.62. The zero-order chi connectivity index (χ0) is 15.1. The van der Waals surface area contributed by atoms with E-state index in [1.54, 1.807) is 24.3 Å². The first-order chi connectivity index (χ1) is 9.41. The topological polar surface area (TPSA) is 82.3 Å². The van der Waals surface area contributed by atoms with Crippen LogP contribution in [0.2, 0.25) is 0 Å². The molecular formula is C14H22N4O2. The van der Waals surface area contributed by atoms with Crippen molar-refractivity contribution in [2.45, 2.75) is 39.8 Å². The largest absolute Gasteiger partial charge is 0.287 e. The normalized spacial score (nSPS) is 10.7. The van der Waals surface area contributed by atoms with Gasteiger partial charge in [0.2, 0.25) is 0 Å². The number of benzene rings is 1. The number of carbonyl (C=O) groups excluding carboxylic acids is 2. The molecule has 0 atom stereocenters. The summed E-state index contributed by atoms with van der Waals surface area (Å²) in [6.07, 6.45) is 0. The van der Waals surface area contributed by atoms with Gasteiger partial charge in [0.25, 0.3) is 11.8 Å². The Morgan fingerprint density at radius 2 is 1.15 bits per heavy atom. The quantitative estimate of drug-likeness (QED) is 0.584.